The molecule has 3 heterocycles. The molecule has 1 atom stereocenters. The van der Waals surface area contributed by atoms with E-state index in [0.717, 1.165) is 39.0 Å². The van der Waals surface area contributed by atoms with E-state index in [1.54, 1.807) is 7.11 Å². The van der Waals surface area contributed by atoms with Crippen molar-refractivity contribution < 1.29 is 9.47 Å². The zero-order chi connectivity index (χ0) is 19.3. The molecular weight excluding hydrogens is 404 g/mol. The van der Waals surface area contributed by atoms with Crippen LogP contribution >= 0.6 is 23.7 Å². The molecule has 0 amide bonds. The Balaban J connectivity index is 0.00000240. The van der Waals surface area contributed by atoms with E-state index in [0.29, 0.717) is 6.61 Å². The molecule has 2 fully saturated rings. The minimum absolute atomic E-state index is 0. The van der Waals surface area contributed by atoms with Gasteiger partial charge in [0.05, 0.1) is 12.2 Å². The molecule has 29 heavy (non-hydrogen) atoms. The fourth-order valence-electron chi connectivity index (χ4n) is 5.13. The number of pyridine rings is 1. The van der Waals surface area contributed by atoms with E-state index < -0.39 is 0 Å². The molecule has 4 rings (SSSR count). The first kappa shape index (κ1) is 22.7. The second-order valence-corrected chi connectivity index (χ2v) is 9.39. The maximum Gasteiger partial charge on any atom is 0.0724 e. The third-order valence-corrected chi connectivity index (χ3v) is 7.54. The van der Waals surface area contributed by atoms with Crippen molar-refractivity contribution in [1.29, 1.82) is 0 Å². The second-order valence-electron chi connectivity index (χ2n) is 8.39. The summed E-state index contributed by atoms with van der Waals surface area (Å²) in [6.45, 7) is 3.46. The SMILES string of the molecule is COCc1ccsc1CNCC[C@@]1(c2ccccn2)CCOC2(CCCC2)C1.Cl. The van der Waals surface area contributed by atoms with Gasteiger partial charge in [-0.15, -0.1) is 23.7 Å². The first-order valence-electron chi connectivity index (χ1n) is 10.6. The Morgan fingerprint density at radius 3 is 2.83 bits per heavy atom. The highest BCUT2D eigenvalue weighted by Crippen LogP contribution is 2.49. The van der Waals surface area contributed by atoms with E-state index in [-0.39, 0.29) is 23.4 Å². The minimum atomic E-state index is 0. The van der Waals surface area contributed by atoms with Crippen LogP contribution in [0.25, 0.3) is 0 Å². The molecule has 1 saturated heterocycles. The fourth-order valence-corrected chi connectivity index (χ4v) is 5.99. The monoisotopic (exact) mass is 436 g/mol. The fraction of sp³-hybridized carbons (Fsp3) is 0.609. The standard InChI is InChI=1S/C23H32N2O2S.ClH/c1-26-17-19-7-15-28-20(19)16-24-13-10-22(21-6-2-5-12-25-21)11-14-27-23(18-22)8-3-4-9-23;/h2,5-7,12,15,24H,3-4,8-11,13-14,16-18H2,1H3;1H/t22-;/m1./s1. The van der Waals surface area contributed by atoms with Crippen molar-refractivity contribution in [2.45, 2.75) is 69.1 Å². The molecule has 0 aromatic carbocycles. The van der Waals surface area contributed by atoms with Gasteiger partial charge in [-0.3, -0.25) is 4.98 Å². The quantitative estimate of drug-likeness (QED) is 0.573. The van der Waals surface area contributed by atoms with E-state index in [1.807, 2.05) is 23.6 Å². The predicted molar refractivity (Wildman–Crippen MR) is 121 cm³/mol. The molecule has 4 nitrogen and oxygen atoms in total. The first-order chi connectivity index (χ1) is 13.8. The molecule has 2 aromatic rings. The maximum absolute atomic E-state index is 6.35. The number of halogens is 1. The van der Waals surface area contributed by atoms with Gasteiger partial charge in [0.2, 0.25) is 0 Å². The first-order valence-corrected chi connectivity index (χ1v) is 11.4. The number of hydrogen-bond donors (Lipinski definition) is 1. The van der Waals surface area contributed by atoms with E-state index in [1.165, 1.54) is 41.8 Å². The summed E-state index contributed by atoms with van der Waals surface area (Å²) < 4.78 is 11.7. The van der Waals surface area contributed by atoms with Crippen molar-refractivity contribution in [3.05, 3.63) is 52.0 Å². The number of nitrogens with zero attached hydrogens (tertiary/aromatic N) is 1. The Kier molecular flexibility index (Phi) is 8.11. The number of rotatable bonds is 8. The van der Waals surface area contributed by atoms with Crippen LogP contribution in [0.2, 0.25) is 0 Å². The van der Waals surface area contributed by atoms with Crippen LogP contribution in [0.3, 0.4) is 0 Å². The van der Waals surface area contributed by atoms with Gasteiger partial charge in [0.25, 0.3) is 0 Å². The molecular formula is C23H33ClN2O2S. The molecule has 2 aromatic heterocycles. The lowest BCUT2D eigenvalue weighted by Crippen LogP contribution is -2.47. The zero-order valence-corrected chi connectivity index (χ0v) is 19.0. The maximum atomic E-state index is 6.35. The Labute approximate surface area is 184 Å². The van der Waals surface area contributed by atoms with E-state index in [4.69, 9.17) is 14.5 Å². The van der Waals surface area contributed by atoms with Gasteiger partial charge in [-0.2, -0.15) is 0 Å². The van der Waals surface area contributed by atoms with Crippen LogP contribution in [0.1, 0.15) is 61.1 Å². The molecule has 1 N–H and O–H groups in total. The van der Waals surface area contributed by atoms with Gasteiger partial charge in [-0.05, 0) is 67.8 Å². The Bertz CT molecular complexity index is 748. The third-order valence-electron chi connectivity index (χ3n) is 6.58. The van der Waals surface area contributed by atoms with Crippen molar-refractivity contribution in [3.63, 3.8) is 0 Å². The summed E-state index contributed by atoms with van der Waals surface area (Å²) in [5.41, 5.74) is 2.77. The topological polar surface area (TPSA) is 43.4 Å². The van der Waals surface area contributed by atoms with Crippen LogP contribution in [0.5, 0.6) is 0 Å². The third kappa shape index (κ3) is 5.20. The average Bonchev–Trinajstić information content (AvgIpc) is 3.36. The van der Waals surface area contributed by atoms with Crippen molar-refractivity contribution >= 4 is 23.7 Å². The van der Waals surface area contributed by atoms with Crippen LogP contribution in [0.4, 0.5) is 0 Å². The molecule has 0 bridgehead atoms. The number of hydrogen-bond acceptors (Lipinski definition) is 5. The molecule has 0 radical (unpaired) electrons. The van der Waals surface area contributed by atoms with Gasteiger partial charge in [0.15, 0.2) is 0 Å². The summed E-state index contributed by atoms with van der Waals surface area (Å²) in [6.07, 6.45) is 10.3. The van der Waals surface area contributed by atoms with Gasteiger partial charge in [-0.25, -0.2) is 0 Å². The van der Waals surface area contributed by atoms with E-state index in [2.05, 4.69) is 28.9 Å². The number of methoxy groups -OCH3 is 1. The van der Waals surface area contributed by atoms with Gasteiger partial charge in [0.1, 0.15) is 0 Å². The molecule has 160 valence electrons. The lowest BCUT2D eigenvalue weighted by atomic mass is 9.68. The summed E-state index contributed by atoms with van der Waals surface area (Å²) in [6, 6.07) is 8.55. The summed E-state index contributed by atoms with van der Waals surface area (Å²) in [5, 5.41) is 5.85. The summed E-state index contributed by atoms with van der Waals surface area (Å²) >= 11 is 1.81. The molecule has 6 heteroatoms. The lowest BCUT2D eigenvalue weighted by Gasteiger charge is -2.46. The molecule has 2 aliphatic rings. The summed E-state index contributed by atoms with van der Waals surface area (Å²) in [7, 11) is 1.76. The number of thiophene rings is 1. The summed E-state index contributed by atoms with van der Waals surface area (Å²) in [5.74, 6) is 0. The highest BCUT2D eigenvalue weighted by atomic mass is 35.5. The van der Waals surface area contributed by atoms with Gasteiger partial charge < -0.3 is 14.8 Å². The van der Waals surface area contributed by atoms with Crippen molar-refractivity contribution in [2.75, 3.05) is 20.3 Å². The van der Waals surface area contributed by atoms with Crippen LogP contribution in [0.15, 0.2) is 35.8 Å². The van der Waals surface area contributed by atoms with Crippen molar-refractivity contribution in [1.82, 2.24) is 10.3 Å². The lowest BCUT2D eigenvalue weighted by molar-refractivity contribution is -0.104. The number of nitrogens with one attached hydrogen (secondary N) is 1. The van der Waals surface area contributed by atoms with Crippen molar-refractivity contribution in [2.24, 2.45) is 0 Å². The van der Waals surface area contributed by atoms with Crippen LogP contribution < -0.4 is 5.32 Å². The van der Waals surface area contributed by atoms with Crippen LogP contribution in [-0.4, -0.2) is 30.8 Å². The van der Waals surface area contributed by atoms with Gasteiger partial charge in [0, 0.05) is 42.4 Å². The average molecular weight is 437 g/mol. The molecule has 1 aliphatic carbocycles. The molecule has 1 spiro atoms. The Morgan fingerprint density at radius 2 is 2.07 bits per heavy atom. The van der Waals surface area contributed by atoms with Crippen LogP contribution in [0, 0.1) is 0 Å². The van der Waals surface area contributed by atoms with Gasteiger partial charge >= 0.3 is 0 Å². The zero-order valence-electron chi connectivity index (χ0n) is 17.3. The highest BCUT2D eigenvalue weighted by Gasteiger charge is 2.48. The number of aromatic nitrogens is 1. The molecule has 1 saturated carbocycles. The second kappa shape index (κ2) is 10.4. The van der Waals surface area contributed by atoms with E-state index in [9.17, 15) is 0 Å². The predicted octanol–water partition coefficient (Wildman–Crippen LogP) is 5.25. The van der Waals surface area contributed by atoms with Crippen LogP contribution in [-0.2, 0) is 28.0 Å². The number of ether oxygens (including phenoxy) is 2. The van der Waals surface area contributed by atoms with Gasteiger partial charge in [-0.1, -0.05) is 18.9 Å². The minimum Gasteiger partial charge on any atom is -0.380 e. The van der Waals surface area contributed by atoms with Crippen molar-refractivity contribution in [3.8, 4) is 0 Å². The normalized spacial score (nSPS) is 23.2. The highest BCUT2D eigenvalue weighted by molar-refractivity contribution is 7.10. The molecule has 1 aliphatic heterocycles. The smallest absolute Gasteiger partial charge is 0.0724 e. The van der Waals surface area contributed by atoms with E-state index >= 15 is 0 Å². The Hall–Kier alpha value is -0.980. The largest absolute Gasteiger partial charge is 0.380 e. The summed E-state index contributed by atoms with van der Waals surface area (Å²) in [4.78, 5) is 6.18. The molecule has 0 unspecified atom stereocenters. The Morgan fingerprint density at radius 1 is 1.21 bits per heavy atom.